The molecule has 1 saturated heterocycles. The normalized spacial score (nSPS) is 19.7. The molecule has 0 radical (unpaired) electrons. The zero-order valence-electron chi connectivity index (χ0n) is 12.7. The van der Waals surface area contributed by atoms with Crippen LogP contribution in [0.5, 0.6) is 0 Å². The fourth-order valence-electron chi connectivity index (χ4n) is 2.78. The molecule has 1 aromatic rings. The summed E-state index contributed by atoms with van der Waals surface area (Å²) in [6.45, 7) is 10.1. The molecule has 112 valence electrons. The highest BCUT2D eigenvalue weighted by molar-refractivity contribution is 5.09. The molecule has 0 aromatic carbocycles. The van der Waals surface area contributed by atoms with Gasteiger partial charge in [0, 0.05) is 38.6 Å². The van der Waals surface area contributed by atoms with Crippen molar-refractivity contribution in [1.82, 2.24) is 14.8 Å². The van der Waals surface area contributed by atoms with Gasteiger partial charge in [0.25, 0.3) is 0 Å². The first-order valence-corrected chi connectivity index (χ1v) is 7.81. The third-order valence-electron chi connectivity index (χ3n) is 4.12. The molecule has 4 heteroatoms. The van der Waals surface area contributed by atoms with Crippen LogP contribution < -0.4 is 5.73 Å². The zero-order chi connectivity index (χ0) is 14.2. The second-order valence-corrected chi connectivity index (χ2v) is 5.94. The van der Waals surface area contributed by atoms with Gasteiger partial charge in [-0.05, 0) is 56.1 Å². The molecule has 0 aliphatic carbocycles. The molecule has 2 N–H and O–H groups in total. The first-order valence-electron chi connectivity index (χ1n) is 7.81. The van der Waals surface area contributed by atoms with Crippen LogP contribution in [0.2, 0.25) is 0 Å². The Morgan fingerprint density at radius 1 is 1.15 bits per heavy atom. The molecule has 0 saturated carbocycles. The van der Waals surface area contributed by atoms with E-state index in [2.05, 4.69) is 33.8 Å². The quantitative estimate of drug-likeness (QED) is 0.849. The second-order valence-electron chi connectivity index (χ2n) is 5.94. The van der Waals surface area contributed by atoms with Gasteiger partial charge < -0.3 is 15.5 Å². The Balaban J connectivity index is 1.72. The first-order chi connectivity index (χ1) is 9.78. The lowest BCUT2D eigenvalue weighted by Crippen LogP contribution is -2.35. The van der Waals surface area contributed by atoms with Gasteiger partial charge in [0.15, 0.2) is 0 Å². The van der Waals surface area contributed by atoms with E-state index in [1.807, 2.05) is 12.4 Å². The van der Waals surface area contributed by atoms with E-state index in [1.54, 1.807) is 0 Å². The maximum absolute atomic E-state index is 5.73. The molecule has 1 atom stereocenters. The molecule has 4 nitrogen and oxygen atoms in total. The average molecular weight is 276 g/mol. The fourth-order valence-corrected chi connectivity index (χ4v) is 2.78. The van der Waals surface area contributed by atoms with Gasteiger partial charge in [-0.2, -0.15) is 0 Å². The van der Waals surface area contributed by atoms with Gasteiger partial charge in [0.05, 0.1) is 0 Å². The fraction of sp³-hybridized carbons (Fsp3) is 0.688. The lowest BCUT2D eigenvalue weighted by atomic mass is 10.1. The molecule has 0 amide bonds. The Morgan fingerprint density at radius 3 is 2.60 bits per heavy atom. The van der Waals surface area contributed by atoms with Gasteiger partial charge >= 0.3 is 0 Å². The van der Waals surface area contributed by atoms with Gasteiger partial charge in [-0.25, -0.2) is 0 Å². The van der Waals surface area contributed by atoms with Crippen molar-refractivity contribution in [3.63, 3.8) is 0 Å². The smallest absolute Gasteiger partial charge is 0.0270 e. The highest BCUT2D eigenvalue weighted by atomic mass is 15.2. The highest BCUT2D eigenvalue weighted by Crippen LogP contribution is 2.07. The van der Waals surface area contributed by atoms with Gasteiger partial charge in [0.2, 0.25) is 0 Å². The van der Waals surface area contributed by atoms with Crippen molar-refractivity contribution in [2.24, 2.45) is 11.7 Å². The van der Waals surface area contributed by atoms with E-state index in [0.29, 0.717) is 5.92 Å². The summed E-state index contributed by atoms with van der Waals surface area (Å²) in [6, 6.07) is 4.24. The summed E-state index contributed by atoms with van der Waals surface area (Å²) in [5.41, 5.74) is 7.11. The van der Waals surface area contributed by atoms with E-state index in [-0.39, 0.29) is 0 Å². The largest absolute Gasteiger partial charge is 0.330 e. The van der Waals surface area contributed by atoms with Crippen LogP contribution in [-0.2, 0) is 6.42 Å². The molecule has 20 heavy (non-hydrogen) atoms. The van der Waals surface area contributed by atoms with E-state index in [4.69, 9.17) is 5.73 Å². The van der Waals surface area contributed by atoms with Crippen molar-refractivity contribution < 1.29 is 0 Å². The molecule has 0 bridgehead atoms. The topological polar surface area (TPSA) is 45.4 Å². The summed E-state index contributed by atoms with van der Waals surface area (Å²) in [5, 5.41) is 0. The SMILES string of the molecule is CC(CN)CN1CCCN(CCc2ccncc2)CC1. The molecular formula is C16H28N4. The Kier molecular flexibility index (Phi) is 6.43. The van der Waals surface area contributed by atoms with Gasteiger partial charge in [-0.3, -0.25) is 4.98 Å². The molecule has 1 aliphatic rings. The number of pyridine rings is 1. The van der Waals surface area contributed by atoms with Crippen molar-refractivity contribution in [3.8, 4) is 0 Å². The Labute approximate surface area is 123 Å². The van der Waals surface area contributed by atoms with E-state index < -0.39 is 0 Å². The van der Waals surface area contributed by atoms with Crippen LogP contribution in [0.25, 0.3) is 0 Å². The summed E-state index contributed by atoms with van der Waals surface area (Å²) in [6.07, 6.45) is 6.16. The number of aromatic nitrogens is 1. The van der Waals surface area contributed by atoms with E-state index in [9.17, 15) is 0 Å². The molecule has 0 spiro atoms. The average Bonchev–Trinajstić information content (AvgIpc) is 2.71. The van der Waals surface area contributed by atoms with E-state index in [0.717, 1.165) is 26.1 Å². The maximum atomic E-state index is 5.73. The lowest BCUT2D eigenvalue weighted by molar-refractivity contribution is 0.235. The van der Waals surface area contributed by atoms with Crippen LogP contribution >= 0.6 is 0 Å². The van der Waals surface area contributed by atoms with Crippen LogP contribution in [0.1, 0.15) is 18.9 Å². The van der Waals surface area contributed by atoms with Crippen molar-refractivity contribution in [3.05, 3.63) is 30.1 Å². The van der Waals surface area contributed by atoms with Crippen molar-refractivity contribution in [2.45, 2.75) is 19.8 Å². The number of hydrogen-bond donors (Lipinski definition) is 1. The van der Waals surface area contributed by atoms with Gasteiger partial charge in [0.1, 0.15) is 0 Å². The van der Waals surface area contributed by atoms with Crippen LogP contribution in [0.15, 0.2) is 24.5 Å². The Morgan fingerprint density at radius 2 is 1.85 bits per heavy atom. The van der Waals surface area contributed by atoms with Crippen LogP contribution in [-0.4, -0.2) is 60.6 Å². The summed E-state index contributed by atoms with van der Waals surface area (Å²) in [5.74, 6) is 0.610. The van der Waals surface area contributed by atoms with Crippen molar-refractivity contribution in [2.75, 3.05) is 45.8 Å². The zero-order valence-corrected chi connectivity index (χ0v) is 12.7. The predicted octanol–water partition coefficient (Wildman–Crippen LogP) is 1.23. The molecule has 2 heterocycles. The second kappa shape index (κ2) is 8.35. The highest BCUT2D eigenvalue weighted by Gasteiger charge is 2.15. The predicted molar refractivity (Wildman–Crippen MR) is 83.7 cm³/mol. The van der Waals surface area contributed by atoms with Crippen LogP contribution in [0.4, 0.5) is 0 Å². The summed E-state index contributed by atoms with van der Waals surface area (Å²) in [4.78, 5) is 9.23. The van der Waals surface area contributed by atoms with E-state index >= 15 is 0 Å². The van der Waals surface area contributed by atoms with Gasteiger partial charge in [-0.15, -0.1) is 0 Å². The minimum Gasteiger partial charge on any atom is -0.330 e. The first kappa shape index (κ1) is 15.4. The summed E-state index contributed by atoms with van der Waals surface area (Å²) >= 11 is 0. The molecule has 1 unspecified atom stereocenters. The van der Waals surface area contributed by atoms with Crippen LogP contribution in [0, 0.1) is 5.92 Å². The van der Waals surface area contributed by atoms with Crippen LogP contribution in [0.3, 0.4) is 0 Å². The molecule has 2 rings (SSSR count). The molecule has 1 aromatic heterocycles. The van der Waals surface area contributed by atoms with E-state index in [1.165, 1.54) is 38.2 Å². The summed E-state index contributed by atoms with van der Waals surface area (Å²) < 4.78 is 0. The monoisotopic (exact) mass is 276 g/mol. The minimum atomic E-state index is 0.610. The Bertz CT molecular complexity index is 368. The number of hydrogen-bond acceptors (Lipinski definition) is 4. The van der Waals surface area contributed by atoms with Crippen molar-refractivity contribution in [1.29, 1.82) is 0 Å². The third kappa shape index (κ3) is 5.19. The Hall–Kier alpha value is -0.970. The molecule has 1 aliphatic heterocycles. The molecular weight excluding hydrogens is 248 g/mol. The third-order valence-corrected chi connectivity index (χ3v) is 4.12. The standard InChI is InChI=1S/C16H28N4/c1-15(13-17)14-20-9-2-8-19(11-12-20)10-5-16-3-6-18-7-4-16/h3-4,6-7,15H,2,5,8-14,17H2,1H3. The number of nitrogens with zero attached hydrogens (tertiary/aromatic N) is 3. The van der Waals surface area contributed by atoms with Gasteiger partial charge in [-0.1, -0.05) is 6.92 Å². The lowest BCUT2D eigenvalue weighted by Gasteiger charge is -2.24. The summed E-state index contributed by atoms with van der Waals surface area (Å²) in [7, 11) is 0. The number of nitrogens with two attached hydrogens (primary N) is 1. The maximum Gasteiger partial charge on any atom is 0.0270 e. The van der Waals surface area contributed by atoms with Crippen molar-refractivity contribution >= 4 is 0 Å². The molecule has 1 fully saturated rings. The minimum absolute atomic E-state index is 0.610. The number of rotatable bonds is 6.